The zero-order valence-corrected chi connectivity index (χ0v) is 21.7. The van der Waals surface area contributed by atoms with Crippen LogP contribution in [0.2, 0.25) is 5.02 Å². The first kappa shape index (κ1) is 25.1. The molecule has 6 nitrogen and oxygen atoms in total. The van der Waals surface area contributed by atoms with Crippen LogP contribution in [0.4, 0.5) is 10.5 Å². The minimum atomic E-state index is -0.337. The standard InChI is InChI=1S/C27H30ClN3O3S/c1-18(2)31(27(33)29-21-6-4-5-20(28)15-21)16-26(32)30-13-11-25-23(12-14-35-25)24(30)17-34-22-9-7-19(3)8-10-22/h4-10,12,14-15,18,24H,11,13,16-17H2,1-3H3,(H,29,33). The number of ether oxygens (including phenoxy) is 1. The fourth-order valence-electron chi connectivity index (χ4n) is 4.17. The number of hydrogen-bond donors (Lipinski definition) is 1. The number of hydrogen-bond acceptors (Lipinski definition) is 4. The fraction of sp³-hybridized carbons (Fsp3) is 0.333. The van der Waals surface area contributed by atoms with Crippen molar-refractivity contribution in [1.82, 2.24) is 9.80 Å². The molecule has 1 unspecified atom stereocenters. The summed E-state index contributed by atoms with van der Waals surface area (Å²) in [5.41, 5.74) is 2.88. The number of nitrogens with one attached hydrogen (secondary N) is 1. The van der Waals surface area contributed by atoms with Crippen LogP contribution < -0.4 is 10.1 Å². The Morgan fingerprint density at radius 2 is 1.97 bits per heavy atom. The highest BCUT2D eigenvalue weighted by Gasteiger charge is 2.34. The monoisotopic (exact) mass is 511 g/mol. The van der Waals surface area contributed by atoms with Crippen molar-refractivity contribution in [2.45, 2.75) is 39.3 Å². The molecule has 0 saturated heterocycles. The molecule has 1 aliphatic rings. The molecule has 184 valence electrons. The van der Waals surface area contributed by atoms with Crippen LogP contribution in [-0.4, -0.2) is 47.5 Å². The van der Waals surface area contributed by atoms with Crippen molar-refractivity contribution in [3.63, 3.8) is 0 Å². The van der Waals surface area contributed by atoms with E-state index in [0.717, 1.165) is 23.3 Å². The highest BCUT2D eigenvalue weighted by Crippen LogP contribution is 2.34. The van der Waals surface area contributed by atoms with Crippen molar-refractivity contribution in [2.75, 3.05) is 25.0 Å². The number of halogens is 1. The fourth-order valence-corrected chi connectivity index (χ4v) is 5.29. The Bertz CT molecular complexity index is 1180. The van der Waals surface area contributed by atoms with Crippen LogP contribution in [-0.2, 0) is 11.2 Å². The summed E-state index contributed by atoms with van der Waals surface area (Å²) in [6.07, 6.45) is 0.802. The third-order valence-electron chi connectivity index (χ3n) is 6.11. The summed E-state index contributed by atoms with van der Waals surface area (Å²) in [5, 5.41) is 5.45. The number of fused-ring (bicyclic) bond motifs is 1. The SMILES string of the molecule is Cc1ccc(OCC2c3ccsc3CCN2C(=O)CN(C(=O)Nc2cccc(Cl)c2)C(C)C)cc1. The first-order chi connectivity index (χ1) is 16.8. The van der Waals surface area contributed by atoms with Gasteiger partial charge in [-0.25, -0.2) is 4.79 Å². The van der Waals surface area contributed by atoms with Crippen molar-refractivity contribution < 1.29 is 14.3 Å². The Morgan fingerprint density at radius 1 is 1.20 bits per heavy atom. The van der Waals surface area contributed by atoms with Gasteiger partial charge in [-0.1, -0.05) is 35.4 Å². The molecule has 4 rings (SSSR count). The maximum atomic E-state index is 13.6. The highest BCUT2D eigenvalue weighted by atomic mass is 35.5. The minimum absolute atomic E-state index is 0.0232. The molecule has 0 aliphatic carbocycles. The van der Waals surface area contributed by atoms with Gasteiger partial charge in [-0.15, -0.1) is 11.3 Å². The molecule has 8 heteroatoms. The zero-order chi connectivity index (χ0) is 24.9. The van der Waals surface area contributed by atoms with Crippen molar-refractivity contribution in [1.29, 1.82) is 0 Å². The average molecular weight is 512 g/mol. The van der Waals surface area contributed by atoms with E-state index in [1.54, 1.807) is 40.5 Å². The van der Waals surface area contributed by atoms with Gasteiger partial charge in [0.2, 0.25) is 5.91 Å². The third kappa shape index (κ3) is 6.16. The number of anilines is 1. The predicted molar refractivity (Wildman–Crippen MR) is 141 cm³/mol. The lowest BCUT2D eigenvalue weighted by Gasteiger charge is -2.37. The van der Waals surface area contributed by atoms with Gasteiger partial charge in [-0.3, -0.25) is 4.79 Å². The summed E-state index contributed by atoms with van der Waals surface area (Å²) in [7, 11) is 0. The van der Waals surface area contributed by atoms with E-state index in [9.17, 15) is 9.59 Å². The van der Waals surface area contributed by atoms with Gasteiger partial charge in [0.15, 0.2) is 0 Å². The molecule has 1 N–H and O–H groups in total. The lowest BCUT2D eigenvalue weighted by Crippen LogP contribution is -2.50. The molecule has 0 radical (unpaired) electrons. The lowest BCUT2D eigenvalue weighted by molar-refractivity contribution is -0.135. The largest absolute Gasteiger partial charge is 0.491 e. The molecule has 0 fully saturated rings. The Kier molecular flexibility index (Phi) is 7.98. The van der Waals surface area contributed by atoms with Crippen LogP contribution >= 0.6 is 22.9 Å². The van der Waals surface area contributed by atoms with Gasteiger partial charge in [-0.05, 0) is 74.5 Å². The average Bonchev–Trinajstić information content (AvgIpc) is 3.31. The number of amides is 3. The maximum Gasteiger partial charge on any atom is 0.322 e. The smallest absolute Gasteiger partial charge is 0.322 e. The van der Waals surface area contributed by atoms with E-state index < -0.39 is 0 Å². The second-order valence-electron chi connectivity index (χ2n) is 8.94. The molecule has 0 bridgehead atoms. The van der Waals surface area contributed by atoms with Crippen molar-refractivity contribution in [3.05, 3.63) is 81.0 Å². The van der Waals surface area contributed by atoms with Gasteiger partial charge < -0.3 is 19.9 Å². The number of rotatable bonds is 7. The number of nitrogens with zero attached hydrogens (tertiary/aromatic N) is 2. The summed E-state index contributed by atoms with van der Waals surface area (Å²) in [6.45, 7) is 6.76. The van der Waals surface area contributed by atoms with Gasteiger partial charge in [0.25, 0.3) is 0 Å². The molecular weight excluding hydrogens is 482 g/mol. The van der Waals surface area contributed by atoms with E-state index in [0.29, 0.717) is 23.9 Å². The van der Waals surface area contributed by atoms with Gasteiger partial charge in [0.05, 0.1) is 6.04 Å². The number of aryl methyl sites for hydroxylation is 1. The number of carbonyl (C=O) groups excluding carboxylic acids is 2. The number of carbonyl (C=O) groups is 2. The minimum Gasteiger partial charge on any atom is -0.491 e. The Labute approximate surface area is 215 Å². The predicted octanol–water partition coefficient (Wildman–Crippen LogP) is 6.16. The number of urea groups is 1. The molecule has 1 atom stereocenters. The molecule has 2 aromatic carbocycles. The van der Waals surface area contributed by atoms with Gasteiger partial charge in [0, 0.05) is 28.2 Å². The summed E-state index contributed by atoms with van der Waals surface area (Å²) >= 11 is 7.76. The molecule has 35 heavy (non-hydrogen) atoms. The Balaban J connectivity index is 1.48. The zero-order valence-electron chi connectivity index (χ0n) is 20.2. The van der Waals surface area contributed by atoms with E-state index >= 15 is 0 Å². The summed E-state index contributed by atoms with van der Waals surface area (Å²) in [4.78, 5) is 31.3. The van der Waals surface area contributed by atoms with E-state index in [-0.39, 0.29) is 30.6 Å². The van der Waals surface area contributed by atoms with E-state index in [1.807, 2.05) is 49.9 Å². The number of thiophene rings is 1. The van der Waals surface area contributed by atoms with Crippen LogP contribution in [0.3, 0.4) is 0 Å². The van der Waals surface area contributed by atoms with Crippen LogP contribution in [0, 0.1) is 6.92 Å². The Morgan fingerprint density at radius 3 is 2.69 bits per heavy atom. The van der Waals surface area contributed by atoms with Gasteiger partial charge in [-0.2, -0.15) is 0 Å². The quantitative estimate of drug-likeness (QED) is 0.413. The van der Waals surface area contributed by atoms with Gasteiger partial charge in [0.1, 0.15) is 18.9 Å². The van der Waals surface area contributed by atoms with Crippen molar-refractivity contribution in [2.24, 2.45) is 0 Å². The topological polar surface area (TPSA) is 61.9 Å². The molecule has 1 aliphatic heterocycles. The van der Waals surface area contributed by atoms with Crippen molar-refractivity contribution >= 4 is 40.6 Å². The molecule has 1 aromatic heterocycles. The normalized spacial score (nSPS) is 15.0. The highest BCUT2D eigenvalue weighted by molar-refractivity contribution is 7.10. The van der Waals surface area contributed by atoms with Crippen molar-refractivity contribution in [3.8, 4) is 5.75 Å². The molecular formula is C27H30ClN3O3S. The maximum absolute atomic E-state index is 13.6. The van der Waals surface area contributed by atoms with Gasteiger partial charge >= 0.3 is 6.03 Å². The second-order valence-corrected chi connectivity index (χ2v) is 10.4. The summed E-state index contributed by atoms with van der Waals surface area (Å²) < 4.78 is 6.10. The summed E-state index contributed by atoms with van der Waals surface area (Å²) in [5.74, 6) is 0.671. The molecule has 2 heterocycles. The Hall–Kier alpha value is -3.03. The van der Waals surface area contributed by atoms with E-state index in [4.69, 9.17) is 16.3 Å². The molecule has 0 saturated carbocycles. The lowest BCUT2D eigenvalue weighted by atomic mass is 10.0. The third-order valence-corrected chi connectivity index (χ3v) is 7.34. The molecule has 3 aromatic rings. The second kappa shape index (κ2) is 11.1. The van der Waals surface area contributed by atoms with Crippen LogP contribution in [0.15, 0.2) is 60.0 Å². The first-order valence-electron chi connectivity index (χ1n) is 11.7. The molecule has 0 spiro atoms. The van der Waals surface area contributed by atoms with Crippen LogP contribution in [0.5, 0.6) is 5.75 Å². The molecule has 3 amide bonds. The van der Waals surface area contributed by atoms with Crippen LogP contribution in [0.25, 0.3) is 0 Å². The van der Waals surface area contributed by atoms with E-state index in [1.165, 1.54) is 4.88 Å². The first-order valence-corrected chi connectivity index (χ1v) is 13.0. The number of benzene rings is 2. The summed E-state index contributed by atoms with van der Waals surface area (Å²) in [6, 6.07) is 16.2. The van der Waals surface area contributed by atoms with E-state index in [2.05, 4.69) is 16.8 Å². The van der Waals surface area contributed by atoms with Crippen LogP contribution in [0.1, 0.15) is 35.9 Å².